The molecule has 0 radical (unpaired) electrons. The van der Waals surface area contributed by atoms with Crippen LogP contribution in [0.4, 0.5) is 0 Å². The van der Waals surface area contributed by atoms with Crippen molar-refractivity contribution in [3.63, 3.8) is 0 Å². The van der Waals surface area contributed by atoms with Gasteiger partial charge in [0.25, 0.3) is 0 Å². The van der Waals surface area contributed by atoms with Crippen LogP contribution in [0.1, 0.15) is 10.6 Å². The van der Waals surface area contributed by atoms with Gasteiger partial charge in [0.1, 0.15) is 5.01 Å². The van der Waals surface area contributed by atoms with E-state index in [2.05, 4.69) is 4.90 Å². The van der Waals surface area contributed by atoms with Crippen LogP contribution in [-0.2, 0) is 13.0 Å². The number of fused-ring (bicyclic) bond motifs is 1. The Kier molecular flexibility index (Phi) is 3.84. The van der Waals surface area contributed by atoms with Crippen molar-refractivity contribution in [1.29, 1.82) is 0 Å². The Bertz CT molecular complexity index is 582. The van der Waals surface area contributed by atoms with E-state index in [-0.39, 0.29) is 0 Å². The van der Waals surface area contributed by atoms with E-state index in [1.54, 1.807) is 11.3 Å². The fourth-order valence-electron chi connectivity index (χ4n) is 2.37. The summed E-state index contributed by atoms with van der Waals surface area (Å²) < 4.78 is 0. The quantitative estimate of drug-likeness (QED) is 0.946. The number of aromatic nitrogens is 1. The molecule has 0 aliphatic carbocycles. The van der Waals surface area contributed by atoms with E-state index in [4.69, 9.17) is 22.3 Å². The Balaban J connectivity index is 1.90. The Morgan fingerprint density at radius 2 is 2.21 bits per heavy atom. The van der Waals surface area contributed by atoms with Crippen LogP contribution in [0.5, 0.6) is 0 Å². The highest BCUT2D eigenvalue weighted by molar-refractivity contribution is 7.15. The zero-order valence-corrected chi connectivity index (χ0v) is 12.2. The molecule has 2 aromatic rings. The third kappa shape index (κ3) is 2.67. The average Bonchev–Trinajstić information content (AvgIpc) is 2.82. The van der Waals surface area contributed by atoms with Crippen molar-refractivity contribution in [2.45, 2.75) is 13.0 Å². The summed E-state index contributed by atoms with van der Waals surface area (Å²) >= 11 is 7.99. The first kappa shape index (κ1) is 13.1. The maximum absolute atomic E-state index is 6.24. The van der Waals surface area contributed by atoms with Crippen molar-refractivity contribution >= 4 is 22.9 Å². The molecule has 100 valence electrons. The fourth-order valence-corrected chi connectivity index (χ4v) is 3.84. The number of hydrogen-bond acceptors (Lipinski definition) is 4. The minimum absolute atomic E-state index is 0.714. The van der Waals surface area contributed by atoms with Crippen molar-refractivity contribution in [3.8, 4) is 10.6 Å². The van der Waals surface area contributed by atoms with E-state index >= 15 is 0 Å². The number of benzene rings is 1. The molecule has 0 fully saturated rings. The molecule has 1 aliphatic rings. The number of nitrogens with zero attached hydrogens (tertiary/aromatic N) is 2. The van der Waals surface area contributed by atoms with E-state index < -0.39 is 0 Å². The van der Waals surface area contributed by atoms with Crippen molar-refractivity contribution in [3.05, 3.63) is 39.9 Å². The van der Waals surface area contributed by atoms with Crippen LogP contribution in [0.2, 0.25) is 5.02 Å². The second-order valence-electron chi connectivity index (χ2n) is 4.68. The minimum atomic E-state index is 0.714. The number of halogens is 1. The van der Waals surface area contributed by atoms with Crippen LogP contribution in [-0.4, -0.2) is 29.5 Å². The maximum Gasteiger partial charge on any atom is 0.125 e. The Hall–Kier alpha value is -0.940. The van der Waals surface area contributed by atoms with Gasteiger partial charge in [0, 0.05) is 43.0 Å². The summed E-state index contributed by atoms with van der Waals surface area (Å²) in [4.78, 5) is 8.49. The van der Waals surface area contributed by atoms with Crippen LogP contribution < -0.4 is 5.73 Å². The molecule has 0 saturated heterocycles. The van der Waals surface area contributed by atoms with Gasteiger partial charge >= 0.3 is 0 Å². The first-order chi connectivity index (χ1) is 9.28. The molecule has 3 rings (SSSR count). The lowest BCUT2D eigenvalue weighted by Gasteiger charge is -2.24. The van der Waals surface area contributed by atoms with Gasteiger partial charge in [-0.1, -0.05) is 29.8 Å². The van der Waals surface area contributed by atoms with Gasteiger partial charge in [-0.25, -0.2) is 4.98 Å². The molecule has 0 unspecified atom stereocenters. The number of hydrogen-bond donors (Lipinski definition) is 1. The van der Waals surface area contributed by atoms with Crippen LogP contribution in [0.3, 0.4) is 0 Å². The lowest BCUT2D eigenvalue weighted by atomic mass is 10.2. The summed E-state index contributed by atoms with van der Waals surface area (Å²) in [5, 5.41) is 1.80. The number of thiazole rings is 1. The summed E-state index contributed by atoms with van der Waals surface area (Å²) in [6, 6.07) is 7.90. The Morgan fingerprint density at radius 3 is 3.00 bits per heavy atom. The number of rotatable bonds is 3. The molecule has 0 amide bonds. The van der Waals surface area contributed by atoms with Gasteiger partial charge in [0.05, 0.1) is 10.7 Å². The molecule has 0 atom stereocenters. The van der Waals surface area contributed by atoms with Gasteiger partial charge in [0.2, 0.25) is 0 Å². The molecule has 1 aromatic carbocycles. The zero-order valence-electron chi connectivity index (χ0n) is 10.6. The lowest BCUT2D eigenvalue weighted by Crippen LogP contribution is -2.33. The smallest absolute Gasteiger partial charge is 0.125 e. The summed E-state index contributed by atoms with van der Waals surface area (Å²) in [5.74, 6) is 0. The first-order valence-electron chi connectivity index (χ1n) is 6.44. The summed E-state index contributed by atoms with van der Waals surface area (Å²) in [6.45, 7) is 3.69. The van der Waals surface area contributed by atoms with Crippen LogP contribution in [0, 0.1) is 0 Å². The maximum atomic E-state index is 6.24. The molecule has 5 heteroatoms. The van der Waals surface area contributed by atoms with E-state index in [1.165, 1.54) is 10.6 Å². The van der Waals surface area contributed by atoms with Crippen LogP contribution in [0.25, 0.3) is 10.6 Å². The van der Waals surface area contributed by atoms with Crippen molar-refractivity contribution < 1.29 is 0 Å². The number of nitrogens with two attached hydrogens (primary N) is 1. The van der Waals surface area contributed by atoms with E-state index in [9.17, 15) is 0 Å². The minimum Gasteiger partial charge on any atom is -0.329 e. The standard InChI is InChI=1S/C14H16ClN3S/c15-11-4-2-1-3-10(11)14-17-12-5-7-18(8-6-16)9-13(12)19-14/h1-4H,5-9,16H2. The predicted molar refractivity (Wildman–Crippen MR) is 80.6 cm³/mol. The van der Waals surface area contributed by atoms with Gasteiger partial charge in [-0.15, -0.1) is 11.3 Å². The predicted octanol–water partition coefficient (Wildman–Crippen LogP) is 2.78. The van der Waals surface area contributed by atoms with Crippen molar-refractivity contribution in [1.82, 2.24) is 9.88 Å². The summed E-state index contributed by atoms with van der Waals surface area (Å²) in [5.41, 5.74) is 7.89. The van der Waals surface area contributed by atoms with E-state index in [0.29, 0.717) is 6.54 Å². The van der Waals surface area contributed by atoms with Crippen LogP contribution in [0.15, 0.2) is 24.3 Å². The van der Waals surface area contributed by atoms with Crippen molar-refractivity contribution in [2.75, 3.05) is 19.6 Å². The molecule has 2 heterocycles. The van der Waals surface area contributed by atoms with E-state index in [1.807, 2.05) is 24.3 Å². The highest BCUT2D eigenvalue weighted by Gasteiger charge is 2.21. The lowest BCUT2D eigenvalue weighted by molar-refractivity contribution is 0.263. The normalized spacial score (nSPS) is 15.5. The SMILES string of the molecule is NCCN1CCc2nc(-c3ccccc3Cl)sc2C1. The molecule has 2 N–H and O–H groups in total. The highest BCUT2D eigenvalue weighted by atomic mass is 35.5. The highest BCUT2D eigenvalue weighted by Crippen LogP contribution is 2.34. The molecule has 0 saturated carbocycles. The van der Waals surface area contributed by atoms with Gasteiger partial charge in [-0.05, 0) is 6.07 Å². The Morgan fingerprint density at radius 1 is 1.37 bits per heavy atom. The second-order valence-corrected chi connectivity index (χ2v) is 6.17. The van der Waals surface area contributed by atoms with Gasteiger partial charge in [0.15, 0.2) is 0 Å². The van der Waals surface area contributed by atoms with Gasteiger partial charge in [-0.3, -0.25) is 4.90 Å². The topological polar surface area (TPSA) is 42.1 Å². The molecule has 3 nitrogen and oxygen atoms in total. The van der Waals surface area contributed by atoms with E-state index in [0.717, 1.165) is 41.6 Å². The monoisotopic (exact) mass is 293 g/mol. The van der Waals surface area contributed by atoms with Gasteiger partial charge in [-0.2, -0.15) is 0 Å². The largest absolute Gasteiger partial charge is 0.329 e. The zero-order chi connectivity index (χ0) is 13.2. The fraction of sp³-hybridized carbons (Fsp3) is 0.357. The molecule has 1 aliphatic heterocycles. The molecule has 0 spiro atoms. The van der Waals surface area contributed by atoms with Crippen LogP contribution >= 0.6 is 22.9 Å². The summed E-state index contributed by atoms with van der Waals surface area (Å²) in [6.07, 6.45) is 1.01. The molecule has 19 heavy (non-hydrogen) atoms. The summed E-state index contributed by atoms with van der Waals surface area (Å²) in [7, 11) is 0. The van der Waals surface area contributed by atoms with Crippen molar-refractivity contribution in [2.24, 2.45) is 5.73 Å². The average molecular weight is 294 g/mol. The third-order valence-corrected chi connectivity index (χ3v) is 4.81. The van der Waals surface area contributed by atoms with Gasteiger partial charge < -0.3 is 5.73 Å². The third-order valence-electron chi connectivity index (χ3n) is 3.36. The molecular formula is C14H16ClN3S. The first-order valence-corrected chi connectivity index (χ1v) is 7.63. The second kappa shape index (κ2) is 5.59. The molecule has 0 bridgehead atoms. The molecule has 1 aromatic heterocycles. The molecular weight excluding hydrogens is 278 g/mol. The Labute approximate surface area is 122 Å².